The molecule has 4 atom stereocenters. The van der Waals surface area contributed by atoms with E-state index in [9.17, 15) is 4.79 Å². The highest BCUT2D eigenvalue weighted by atomic mass is 16.5. The third kappa shape index (κ3) is 2.41. The minimum atomic E-state index is -0.191. The lowest BCUT2D eigenvalue weighted by Crippen LogP contribution is -2.62. The summed E-state index contributed by atoms with van der Waals surface area (Å²) in [5.41, 5.74) is 0.829. The largest absolute Gasteiger partial charge is 0.384 e. The first-order valence-corrected chi connectivity index (χ1v) is 7.16. The van der Waals surface area contributed by atoms with E-state index in [0.29, 0.717) is 23.7 Å². The molecule has 0 spiro atoms. The number of amides is 1. The van der Waals surface area contributed by atoms with Gasteiger partial charge in [0.15, 0.2) is 0 Å². The van der Waals surface area contributed by atoms with E-state index in [2.05, 4.69) is 11.4 Å². The zero-order valence-corrected chi connectivity index (χ0v) is 11.9. The van der Waals surface area contributed by atoms with E-state index in [1.54, 1.807) is 31.4 Å². The van der Waals surface area contributed by atoms with Crippen LogP contribution in [-0.4, -0.2) is 38.4 Å². The van der Waals surface area contributed by atoms with E-state index in [0.717, 1.165) is 13.0 Å². The predicted molar refractivity (Wildman–Crippen MR) is 75.6 cm³/mol. The van der Waals surface area contributed by atoms with Gasteiger partial charge < -0.3 is 14.8 Å². The van der Waals surface area contributed by atoms with Gasteiger partial charge in [-0.1, -0.05) is 12.1 Å². The molecule has 3 rings (SSSR count). The van der Waals surface area contributed by atoms with Gasteiger partial charge in [-0.3, -0.25) is 4.79 Å². The average Bonchev–Trinajstić information content (AvgIpc) is 2.94. The molecule has 1 aromatic carbocycles. The average molecular weight is 286 g/mol. The lowest BCUT2D eigenvalue weighted by molar-refractivity contribution is -0.0809. The van der Waals surface area contributed by atoms with Crippen LogP contribution in [0.25, 0.3) is 0 Å². The Labute approximate surface area is 123 Å². The number of carbonyl (C=O) groups is 1. The summed E-state index contributed by atoms with van der Waals surface area (Å²) in [7, 11) is 1.66. The van der Waals surface area contributed by atoms with Crippen molar-refractivity contribution in [2.75, 3.05) is 20.3 Å². The first kappa shape index (κ1) is 14.1. The first-order chi connectivity index (χ1) is 10.3. The van der Waals surface area contributed by atoms with Gasteiger partial charge in [-0.05, 0) is 18.6 Å². The van der Waals surface area contributed by atoms with Crippen molar-refractivity contribution in [2.24, 2.45) is 11.8 Å². The van der Waals surface area contributed by atoms with Crippen LogP contribution in [0.4, 0.5) is 0 Å². The van der Waals surface area contributed by atoms with Crippen LogP contribution in [0, 0.1) is 23.2 Å². The molecule has 21 heavy (non-hydrogen) atoms. The van der Waals surface area contributed by atoms with E-state index < -0.39 is 0 Å². The number of rotatable bonds is 4. The first-order valence-electron chi connectivity index (χ1n) is 7.16. The molecule has 0 unspecified atom stereocenters. The highest BCUT2D eigenvalue weighted by molar-refractivity contribution is 5.96. The predicted octanol–water partition coefficient (Wildman–Crippen LogP) is 1.34. The molecule has 0 radical (unpaired) electrons. The van der Waals surface area contributed by atoms with Gasteiger partial charge in [0.1, 0.15) is 0 Å². The van der Waals surface area contributed by atoms with Crippen LogP contribution in [-0.2, 0) is 9.47 Å². The zero-order chi connectivity index (χ0) is 14.8. The van der Waals surface area contributed by atoms with Crippen molar-refractivity contribution in [3.63, 3.8) is 0 Å². The Morgan fingerprint density at radius 3 is 3.10 bits per heavy atom. The summed E-state index contributed by atoms with van der Waals surface area (Å²) in [4.78, 5) is 12.4. The van der Waals surface area contributed by atoms with E-state index in [1.165, 1.54) is 0 Å². The number of nitriles is 1. The lowest BCUT2D eigenvalue weighted by atomic mass is 9.67. The van der Waals surface area contributed by atoms with Gasteiger partial charge >= 0.3 is 0 Å². The molecule has 1 saturated heterocycles. The van der Waals surface area contributed by atoms with Gasteiger partial charge in [0.25, 0.3) is 5.91 Å². The second-order valence-electron chi connectivity index (χ2n) is 5.56. The molecule has 1 amide bonds. The molecule has 1 N–H and O–H groups in total. The number of benzene rings is 1. The number of fused-ring (bicyclic) bond motifs is 1. The van der Waals surface area contributed by atoms with Crippen molar-refractivity contribution in [3.05, 3.63) is 35.4 Å². The third-order valence-corrected chi connectivity index (χ3v) is 4.48. The molecule has 1 aliphatic carbocycles. The Balaban J connectivity index is 1.73. The van der Waals surface area contributed by atoms with Crippen LogP contribution in [0.1, 0.15) is 22.3 Å². The number of carbonyl (C=O) groups excluding carboxylic acids is 1. The summed E-state index contributed by atoms with van der Waals surface area (Å²) in [5, 5.41) is 12.2. The van der Waals surface area contributed by atoms with Gasteiger partial charge in [0.05, 0.1) is 29.9 Å². The van der Waals surface area contributed by atoms with Crippen LogP contribution in [0.3, 0.4) is 0 Å². The number of nitrogens with one attached hydrogen (secondary N) is 1. The molecule has 110 valence electrons. The molecular formula is C16H18N2O3. The highest BCUT2D eigenvalue weighted by Crippen LogP contribution is 2.43. The van der Waals surface area contributed by atoms with E-state index in [-0.39, 0.29) is 24.0 Å². The van der Waals surface area contributed by atoms with E-state index in [4.69, 9.17) is 14.7 Å². The molecule has 5 heteroatoms. The van der Waals surface area contributed by atoms with Crippen molar-refractivity contribution in [3.8, 4) is 6.07 Å². The van der Waals surface area contributed by atoms with Crippen molar-refractivity contribution in [1.82, 2.24) is 5.32 Å². The van der Waals surface area contributed by atoms with Crippen LogP contribution in [0.15, 0.2) is 24.3 Å². The molecule has 2 fully saturated rings. The fourth-order valence-corrected chi connectivity index (χ4v) is 3.44. The van der Waals surface area contributed by atoms with Crippen LogP contribution in [0.2, 0.25) is 0 Å². The number of nitrogens with zero attached hydrogens (tertiary/aromatic N) is 1. The fourth-order valence-electron chi connectivity index (χ4n) is 3.44. The minimum Gasteiger partial charge on any atom is -0.384 e. The van der Waals surface area contributed by atoms with Gasteiger partial charge in [-0.25, -0.2) is 0 Å². The Morgan fingerprint density at radius 1 is 1.52 bits per heavy atom. The standard InChI is InChI=1S/C16H18N2O3/c1-20-9-13-14(12-6-7-21-15(12)13)18-16(19)11-5-3-2-4-10(11)8-17/h2-5,12-15H,6-7,9H2,1H3,(H,18,19)/t12-,13+,14+,15-/m0/s1. The molecule has 2 aliphatic rings. The fraction of sp³-hybridized carbons (Fsp3) is 0.500. The maximum Gasteiger partial charge on any atom is 0.252 e. The zero-order valence-electron chi connectivity index (χ0n) is 11.9. The second-order valence-corrected chi connectivity index (χ2v) is 5.56. The van der Waals surface area contributed by atoms with Gasteiger partial charge in [-0.15, -0.1) is 0 Å². The van der Waals surface area contributed by atoms with Crippen molar-refractivity contribution < 1.29 is 14.3 Å². The third-order valence-electron chi connectivity index (χ3n) is 4.48. The summed E-state index contributed by atoms with van der Waals surface area (Å²) in [5.74, 6) is 0.368. The molecule has 1 saturated carbocycles. The second kappa shape index (κ2) is 5.84. The van der Waals surface area contributed by atoms with Gasteiger partial charge in [-0.2, -0.15) is 5.26 Å². The summed E-state index contributed by atoms with van der Waals surface area (Å²) < 4.78 is 10.9. The normalized spacial score (nSPS) is 30.1. The Hall–Kier alpha value is -1.90. The minimum absolute atomic E-state index is 0.0664. The summed E-state index contributed by atoms with van der Waals surface area (Å²) in [6.07, 6.45) is 1.16. The summed E-state index contributed by atoms with van der Waals surface area (Å²) in [6.45, 7) is 1.32. The molecule has 5 nitrogen and oxygen atoms in total. The molecule has 1 aromatic rings. The number of ether oxygens (including phenoxy) is 2. The maximum atomic E-state index is 12.4. The SMILES string of the molecule is COC[C@@H]1[C@H](NC(=O)c2ccccc2C#N)[C@@H]2CCO[C@H]12. The number of methoxy groups -OCH3 is 1. The molecule has 0 aromatic heterocycles. The number of hydrogen-bond donors (Lipinski definition) is 1. The summed E-state index contributed by atoms with van der Waals surface area (Å²) >= 11 is 0. The van der Waals surface area contributed by atoms with Crippen LogP contribution < -0.4 is 5.32 Å². The maximum absolute atomic E-state index is 12.4. The van der Waals surface area contributed by atoms with Crippen LogP contribution in [0.5, 0.6) is 0 Å². The Kier molecular flexibility index (Phi) is 3.91. The van der Waals surface area contributed by atoms with Crippen molar-refractivity contribution in [2.45, 2.75) is 18.6 Å². The number of hydrogen-bond acceptors (Lipinski definition) is 4. The van der Waals surface area contributed by atoms with E-state index in [1.807, 2.05) is 0 Å². The van der Waals surface area contributed by atoms with Crippen molar-refractivity contribution in [1.29, 1.82) is 5.26 Å². The van der Waals surface area contributed by atoms with Gasteiger partial charge in [0.2, 0.25) is 0 Å². The van der Waals surface area contributed by atoms with E-state index >= 15 is 0 Å². The molecule has 1 aliphatic heterocycles. The smallest absolute Gasteiger partial charge is 0.252 e. The topological polar surface area (TPSA) is 71.3 Å². The summed E-state index contributed by atoms with van der Waals surface area (Å²) in [6, 6.07) is 8.99. The molecule has 1 heterocycles. The molecule has 0 bridgehead atoms. The van der Waals surface area contributed by atoms with Crippen molar-refractivity contribution >= 4 is 5.91 Å². The van der Waals surface area contributed by atoms with Gasteiger partial charge in [0, 0.05) is 31.6 Å². The molecular weight excluding hydrogens is 268 g/mol. The highest BCUT2D eigenvalue weighted by Gasteiger charge is 2.54. The Morgan fingerprint density at radius 2 is 2.33 bits per heavy atom. The Bertz CT molecular complexity index is 581. The monoisotopic (exact) mass is 286 g/mol. The quantitative estimate of drug-likeness (QED) is 0.906. The lowest BCUT2D eigenvalue weighted by Gasteiger charge is -2.47. The van der Waals surface area contributed by atoms with Crippen LogP contribution >= 0.6 is 0 Å².